The Kier molecular flexibility index (Phi) is 5.85. The SMILES string of the molecule is Cc1nc(-c2cc(S(=O)(=O)Nc3cccc(Cl)c3C)cn2C)sc1C(=O)N1CCCC1. The molecule has 1 aliphatic rings. The summed E-state index contributed by atoms with van der Waals surface area (Å²) in [5.74, 6) is -0.00102. The maximum absolute atomic E-state index is 13.0. The van der Waals surface area contributed by atoms with Crippen molar-refractivity contribution in [1.82, 2.24) is 14.5 Å². The van der Waals surface area contributed by atoms with Crippen LogP contribution >= 0.6 is 22.9 Å². The fraction of sp³-hybridized carbons (Fsp3) is 0.333. The van der Waals surface area contributed by atoms with Crippen LogP contribution in [0, 0.1) is 13.8 Å². The molecule has 1 fully saturated rings. The summed E-state index contributed by atoms with van der Waals surface area (Å²) in [5.41, 5.74) is 2.39. The van der Waals surface area contributed by atoms with Crippen LogP contribution in [0.25, 0.3) is 10.7 Å². The van der Waals surface area contributed by atoms with Crippen LogP contribution in [0.15, 0.2) is 35.4 Å². The van der Waals surface area contributed by atoms with E-state index in [1.165, 1.54) is 17.5 Å². The second-order valence-corrected chi connectivity index (χ2v) is 10.7. The highest BCUT2D eigenvalue weighted by molar-refractivity contribution is 7.92. The molecule has 0 unspecified atom stereocenters. The first-order valence-corrected chi connectivity index (χ1v) is 12.6. The number of nitrogens with one attached hydrogen (secondary N) is 1. The van der Waals surface area contributed by atoms with Gasteiger partial charge in [-0.15, -0.1) is 11.3 Å². The summed E-state index contributed by atoms with van der Waals surface area (Å²) in [5, 5.41) is 1.10. The molecule has 10 heteroatoms. The van der Waals surface area contributed by atoms with Crippen molar-refractivity contribution in [2.45, 2.75) is 31.6 Å². The number of thiazole rings is 1. The average Bonchev–Trinajstić information content (AvgIpc) is 3.45. The van der Waals surface area contributed by atoms with E-state index in [1.807, 2.05) is 11.8 Å². The molecule has 1 saturated heterocycles. The number of hydrogen-bond acceptors (Lipinski definition) is 5. The highest BCUT2D eigenvalue weighted by atomic mass is 35.5. The predicted molar refractivity (Wildman–Crippen MR) is 123 cm³/mol. The number of nitrogens with zero attached hydrogens (tertiary/aromatic N) is 3. The number of carbonyl (C=O) groups is 1. The van der Waals surface area contributed by atoms with Crippen LogP contribution in [-0.2, 0) is 17.1 Å². The number of hydrogen-bond donors (Lipinski definition) is 1. The smallest absolute Gasteiger partial charge is 0.265 e. The molecule has 0 saturated carbocycles. The van der Waals surface area contributed by atoms with Gasteiger partial charge in [-0.25, -0.2) is 13.4 Å². The molecule has 2 aromatic heterocycles. The minimum absolute atomic E-state index is 0.00102. The summed E-state index contributed by atoms with van der Waals surface area (Å²) in [7, 11) is -2.06. The van der Waals surface area contributed by atoms with Gasteiger partial charge in [0.2, 0.25) is 0 Å². The van der Waals surface area contributed by atoms with Crippen LogP contribution in [0.2, 0.25) is 5.02 Å². The summed E-state index contributed by atoms with van der Waals surface area (Å²) in [6.45, 7) is 5.11. The van der Waals surface area contributed by atoms with Gasteiger partial charge in [0.1, 0.15) is 14.8 Å². The van der Waals surface area contributed by atoms with Gasteiger partial charge in [0.15, 0.2) is 0 Å². The largest absolute Gasteiger partial charge is 0.347 e. The van der Waals surface area contributed by atoms with Gasteiger partial charge >= 0.3 is 0 Å². The van der Waals surface area contributed by atoms with Crippen molar-refractivity contribution in [3.63, 3.8) is 0 Å². The molecular formula is C21H23ClN4O3S2. The maximum Gasteiger partial charge on any atom is 0.265 e. The molecule has 0 spiro atoms. The minimum atomic E-state index is -3.82. The Morgan fingerprint density at radius 1 is 1.23 bits per heavy atom. The molecule has 1 aromatic carbocycles. The Morgan fingerprint density at radius 2 is 1.94 bits per heavy atom. The van der Waals surface area contributed by atoms with E-state index in [1.54, 1.807) is 42.8 Å². The van der Waals surface area contributed by atoms with E-state index in [2.05, 4.69) is 9.71 Å². The number of sulfonamides is 1. The van der Waals surface area contributed by atoms with Gasteiger partial charge in [0.25, 0.3) is 15.9 Å². The van der Waals surface area contributed by atoms with Crippen molar-refractivity contribution in [1.29, 1.82) is 0 Å². The highest BCUT2D eigenvalue weighted by Crippen LogP contribution is 2.32. The third kappa shape index (κ3) is 4.22. The van der Waals surface area contributed by atoms with Crippen LogP contribution in [0.4, 0.5) is 5.69 Å². The fourth-order valence-corrected chi connectivity index (χ4v) is 6.04. The number of rotatable bonds is 5. The first kappa shape index (κ1) is 21.9. The molecule has 3 heterocycles. The second-order valence-electron chi connectivity index (χ2n) is 7.62. The number of amides is 1. The normalized spacial score (nSPS) is 14.3. The Bertz CT molecular complexity index is 1260. The summed E-state index contributed by atoms with van der Waals surface area (Å²) >= 11 is 7.41. The number of anilines is 1. The fourth-order valence-electron chi connectivity index (χ4n) is 3.58. The van der Waals surface area contributed by atoms with Gasteiger partial charge in [-0.2, -0.15) is 0 Å². The summed E-state index contributed by atoms with van der Waals surface area (Å²) in [6.07, 6.45) is 3.58. The number of aromatic nitrogens is 2. The Hall–Kier alpha value is -2.36. The van der Waals surface area contributed by atoms with E-state index in [-0.39, 0.29) is 10.8 Å². The van der Waals surface area contributed by atoms with E-state index in [9.17, 15) is 13.2 Å². The molecule has 1 amide bonds. The van der Waals surface area contributed by atoms with Crippen molar-refractivity contribution < 1.29 is 13.2 Å². The molecule has 0 bridgehead atoms. The molecule has 7 nitrogen and oxygen atoms in total. The topological polar surface area (TPSA) is 84.3 Å². The monoisotopic (exact) mass is 478 g/mol. The Labute approximate surface area is 190 Å². The zero-order valence-electron chi connectivity index (χ0n) is 17.5. The summed E-state index contributed by atoms with van der Waals surface area (Å²) in [4.78, 5) is 19.9. The summed E-state index contributed by atoms with van der Waals surface area (Å²) in [6, 6.07) is 6.65. The number of benzene rings is 1. The van der Waals surface area contributed by atoms with Gasteiger partial charge in [0, 0.05) is 31.4 Å². The van der Waals surface area contributed by atoms with Crippen molar-refractivity contribution in [2.24, 2.45) is 7.05 Å². The van der Waals surface area contributed by atoms with Crippen molar-refractivity contribution in [3.8, 4) is 10.7 Å². The third-order valence-electron chi connectivity index (χ3n) is 5.41. The zero-order chi connectivity index (χ0) is 22.3. The lowest BCUT2D eigenvalue weighted by Gasteiger charge is -2.13. The number of aryl methyl sites for hydroxylation is 2. The second kappa shape index (κ2) is 8.29. The number of carbonyl (C=O) groups excluding carboxylic acids is 1. The lowest BCUT2D eigenvalue weighted by atomic mass is 10.2. The lowest BCUT2D eigenvalue weighted by Crippen LogP contribution is -2.27. The number of halogens is 1. The van der Waals surface area contributed by atoms with Crippen LogP contribution in [-0.4, -0.2) is 41.9 Å². The Balaban J connectivity index is 1.64. The minimum Gasteiger partial charge on any atom is -0.347 e. The molecule has 0 aliphatic carbocycles. The van der Waals surface area contributed by atoms with E-state index in [0.717, 1.165) is 25.9 Å². The van der Waals surface area contributed by atoms with Gasteiger partial charge in [-0.1, -0.05) is 17.7 Å². The van der Waals surface area contributed by atoms with Crippen LogP contribution in [0.3, 0.4) is 0 Å². The molecular weight excluding hydrogens is 456 g/mol. The van der Waals surface area contributed by atoms with Gasteiger partial charge in [-0.3, -0.25) is 9.52 Å². The molecule has 4 rings (SSSR count). The predicted octanol–water partition coefficient (Wildman–Crippen LogP) is 4.46. The van der Waals surface area contributed by atoms with E-state index in [0.29, 0.717) is 37.5 Å². The van der Waals surface area contributed by atoms with Gasteiger partial charge in [-0.05, 0) is 50.5 Å². The van der Waals surface area contributed by atoms with Crippen LogP contribution in [0.1, 0.15) is 33.8 Å². The lowest BCUT2D eigenvalue weighted by molar-refractivity contribution is 0.0796. The molecule has 0 atom stereocenters. The average molecular weight is 479 g/mol. The number of likely N-dealkylation sites (tertiary alicyclic amines) is 1. The van der Waals surface area contributed by atoms with Gasteiger partial charge < -0.3 is 9.47 Å². The molecule has 0 radical (unpaired) electrons. The zero-order valence-corrected chi connectivity index (χ0v) is 19.9. The molecule has 3 aromatic rings. The van der Waals surface area contributed by atoms with E-state index in [4.69, 9.17) is 11.6 Å². The van der Waals surface area contributed by atoms with Gasteiger partial charge in [0.05, 0.1) is 17.1 Å². The van der Waals surface area contributed by atoms with Crippen LogP contribution < -0.4 is 4.72 Å². The molecule has 164 valence electrons. The molecule has 31 heavy (non-hydrogen) atoms. The molecule has 1 N–H and O–H groups in total. The van der Waals surface area contributed by atoms with Crippen molar-refractivity contribution >= 4 is 44.6 Å². The maximum atomic E-state index is 13.0. The quantitative estimate of drug-likeness (QED) is 0.586. The van der Waals surface area contributed by atoms with Crippen molar-refractivity contribution in [3.05, 3.63) is 51.6 Å². The standard InChI is InChI=1S/C21H23ClN4O3S2/c1-13-16(22)7-6-8-17(13)24-31(28,29)15-11-18(25(3)12-15)20-23-14(2)19(30-20)21(27)26-9-4-5-10-26/h6-8,11-12,24H,4-5,9-10H2,1-3H3. The first-order valence-electron chi connectivity index (χ1n) is 9.89. The Morgan fingerprint density at radius 3 is 2.65 bits per heavy atom. The van der Waals surface area contributed by atoms with Crippen LogP contribution in [0.5, 0.6) is 0 Å². The third-order valence-corrected chi connectivity index (χ3v) is 8.32. The summed E-state index contributed by atoms with van der Waals surface area (Å²) < 4.78 is 30.3. The first-order chi connectivity index (χ1) is 14.7. The molecule has 1 aliphatic heterocycles. The van der Waals surface area contributed by atoms with E-state index >= 15 is 0 Å². The van der Waals surface area contributed by atoms with Crippen molar-refractivity contribution in [2.75, 3.05) is 17.8 Å². The van der Waals surface area contributed by atoms with E-state index < -0.39 is 10.0 Å². The highest BCUT2D eigenvalue weighted by Gasteiger charge is 2.26.